The van der Waals surface area contributed by atoms with E-state index in [-0.39, 0.29) is 17.2 Å². The van der Waals surface area contributed by atoms with E-state index in [9.17, 15) is 17.8 Å². The molecule has 11 heteroatoms. The maximum absolute atomic E-state index is 14.5. The van der Waals surface area contributed by atoms with Crippen LogP contribution < -0.4 is 10.2 Å². The van der Waals surface area contributed by atoms with Gasteiger partial charge < -0.3 is 9.64 Å². The fourth-order valence-electron chi connectivity index (χ4n) is 2.23. The van der Waals surface area contributed by atoms with Crippen molar-refractivity contribution in [1.82, 2.24) is 14.7 Å². The lowest BCUT2D eigenvalue weighted by atomic mass is 10.3. The van der Waals surface area contributed by atoms with Crippen LogP contribution in [0.1, 0.15) is 0 Å². The van der Waals surface area contributed by atoms with Crippen LogP contribution in [-0.2, 0) is 15.8 Å². The van der Waals surface area contributed by atoms with Gasteiger partial charge in [-0.15, -0.1) is 0 Å². The number of nitrogens with one attached hydrogen (secondary N) is 1. The number of halogens is 3. The number of ether oxygens (including phenoxy) is 1. The molecule has 2 N–H and O–H groups in total. The molecular formula is C18H20ClF2N3O4S. The number of rotatable bonds is 9. The summed E-state index contributed by atoms with van der Waals surface area (Å²) in [5.74, 6) is -3.39. The molecule has 2 aromatic rings. The molecule has 0 saturated heterocycles. The molecule has 158 valence electrons. The summed E-state index contributed by atoms with van der Waals surface area (Å²) in [7, 11) is 1.49. The van der Waals surface area contributed by atoms with Crippen molar-refractivity contribution in [3.05, 3.63) is 53.1 Å². The van der Waals surface area contributed by atoms with Crippen LogP contribution in [0.3, 0.4) is 0 Å². The molecule has 0 heterocycles. The molecule has 29 heavy (non-hydrogen) atoms. The van der Waals surface area contributed by atoms with Crippen molar-refractivity contribution in [2.24, 2.45) is 0 Å². The topological polar surface area (TPSA) is 82.1 Å². The molecule has 1 amide bonds. The summed E-state index contributed by atoms with van der Waals surface area (Å²) in [4.78, 5) is 13.1. The van der Waals surface area contributed by atoms with E-state index in [1.165, 1.54) is 34.1 Å². The molecule has 0 aliphatic rings. The van der Waals surface area contributed by atoms with Crippen LogP contribution in [0.15, 0.2) is 41.3 Å². The van der Waals surface area contributed by atoms with Gasteiger partial charge in [-0.05, 0) is 50.5 Å². The van der Waals surface area contributed by atoms with E-state index in [0.717, 1.165) is 12.1 Å². The van der Waals surface area contributed by atoms with E-state index in [4.69, 9.17) is 21.5 Å². The van der Waals surface area contributed by atoms with Crippen molar-refractivity contribution in [2.75, 3.05) is 33.7 Å². The second-order valence-corrected chi connectivity index (χ2v) is 8.15. The van der Waals surface area contributed by atoms with Crippen LogP contribution in [0.4, 0.5) is 8.78 Å². The SMILES string of the molecule is CN(C)CCN(CC(=O)NO)S(=O)c1cc(F)c(Oc2ccc(Cl)cc2)c(F)c1. The summed E-state index contributed by atoms with van der Waals surface area (Å²) < 4.78 is 48.1. The highest BCUT2D eigenvalue weighted by Gasteiger charge is 2.22. The van der Waals surface area contributed by atoms with Gasteiger partial charge in [-0.3, -0.25) is 10.0 Å². The number of hydrogen-bond acceptors (Lipinski definition) is 5. The van der Waals surface area contributed by atoms with Crippen LogP contribution in [0, 0.1) is 11.6 Å². The van der Waals surface area contributed by atoms with E-state index in [1.54, 1.807) is 19.0 Å². The molecule has 0 fully saturated rings. The van der Waals surface area contributed by atoms with Gasteiger partial charge in [0.15, 0.2) is 17.4 Å². The predicted octanol–water partition coefficient (Wildman–Crippen LogP) is 2.80. The van der Waals surface area contributed by atoms with Gasteiger partial charge in [0.1, 0.15) is 16.7 Å². The summed E-state index contributed by atoms with van der Waals surface area (Å²) >= 11 is 5.76. The normalized spacial score (nSPS) is 12.3. The van der Waals surface area contributed by atoms with Crippen molar-refractivity contribution in [3.63, 3.8) is 0 Å². The third-order valence-electron chi connectivity index (χ3n) is 3.68. The van der Waals surface area contributed by atoms with Crippen LogP contribution >= 0.6 is 11.6 Å². The fourth-order valence-corrected chi connectivity index (χ4v) is 3.55. The highest BCUT2D eigenvalue weighted by atomic mass is 35.5. The zero-order valence-electron chi connectivity index (χ0n) is 15.7. The van der Waals surface area contributed by atoms with E-state index in [1.807, 2.05) is 0 Å². The minimum absolute atomic E-state index is 0.152. The van der Waals surface area contributed by atoms with Crippen LogP contribution in [-0.4, -0.2) is 58.3 Å². The lowest BCUT2D eigenvalue weighted by Gasteiger charge is -2.22. The lowest BCUT2D eigenvalue weighted by molar-refractivity contribution is -0.129. The van der Waals surface area contributed by atoms with E-state index >= 15 is 0 Å². The first-order valence-electron chi connectivity index (χ1n) is 8.38. The Morgan fingerprint density at radius 2 is 1.76 bits per heavy atom. The third-order valence-corrected chi connectivity index (χ3v) is 5.35. The van der Waals surface area contributed by atoms with Gasteiger partial charge in [-0.1, -0.05) is 11.6 Å². The zero-order valence-corrected chi connectivity index (χ0v) is 17.3. The molecule has 2 aromatic carbocycles. The molecule has 0 bridgehead atoms. The van der Waals surface area contributed by atoms with Crippen LogP contribution in [0.5, 0.6) is 11.5 Å². The molecule has 0 saturated carbocycles. The molecule has 1 unspecified atom stereocenters. The summed E-state index contributed by atoms with van der Waals surface area (Å²) in [6.45, 7) is 0.148. The molecule has 1 atom stereocenters. The Kier molecular flexibility index (Phi) is 8.47. The van der Waals surface area contributed by atoms with Gasteiger partial charge in [-0.2, -0.15) is 0 Å². The average Bonchev–Trinajstić information content (AvgIpc) is 2.68. The molecule has 0 radical (unpaired) electrons. The highest BCUT2D eigenvalue weighted by molar-refractivity contribution is 7.82. The summed E-state index contributed by atoms with van der Waals surface area (Å²) in [5, 5.41) is 9.15. The number of carbonyl (C=O) groups is 1. The maximum atomic E-state index is 14.5. The minimum Gasteiger partial charge on any atom is -0.451 e. The Bertz CT molecular complexity index is 861. The number of hydroxylamine groups is 1. The van der Waals surface area contributed by atoms with Crippen molar-refractivity contribution < 1.29 is 27.7 Å². The third kappa shape index (κ3) is 6.72. The van der Waals surface area contributed by atoms with E-state index < -0.39 is 40.8 Å². The lowest BCUT2D eigenvalue weighted by Crippen LogP contribution is -2.40. The second kappa shape index (κ2) is 10.6. The van der Waals surface area contributed by atoms with Gasteiger partial charge in [-0.25, -0.2) is 22.8 Å². The van der Waals surface area contributed by atoms with Gasteiger partial charge in [0.25, 0.3) is 5.91 Å². The molecule has 7 nitrogen and oxygen atoms in total. The average molecular weight is 448 g/mol. The van der Waals surface area contributed by atoms with E-state index in [2.05, 4.69) is 0 Å². The Morgan fingerprint density at radius 1 is 1.17 bits per heavy atom. The molecule has 0 aromatic heterocycles. The van der Waals surface area contributed by atoms with Crippen molar-refractivity contribution in [3.8, 4) is 11.5 Å². The monoisotopic (exact) mass is 447 g/mol. The first kappa shape index (κ1) is 23.2. The first-order chi connectivity index (χ1) is 13.7. The molecular weight excluding hydrogens is 428 g/mol. The smallest absolute Gasteiger partial charge is 0.258 e. The van der Waals surface area contributed by atoms with Gasteiger partial charge >= 0.3 is 0 Å². The Morgan fingerprint density at radius 3 is 2.28 bits per heavy atom. The largest absolute Gasteiger partial charge is 0.451 e. The Labute approximate surface area is 174 Å². The number of nitrogens with zero attached hydrogens (tertiary/aromatic N) is 2. The first-order valence-corrected chi connectivity index (χ1v) is 9.86. The van der Waals surface area contributed by atoms with Crippen molar-refractivity contribution in [1.29, 1.82) is 0 Å². The molecule has 0 aliphatic heterocycles. The van der Waals surface area contributed by atoms with Crippen LogP contribution in [0.2, 0.25) is 5.02 Å². The molecule has 2 rings (SSSR count). The fraction of sp³-hybridized carbons (Fsp3) is 0.278. The highest BCUT2D eigenvalue weighted by Crippen LogP contribution is 2.30. The minimum atomic E-state index is -2.06. The number of hydrogen-bond donors (Lipinski definition) is 2. The standard InChI is InChI=1S/C18H20ClF2N3O4S/c1-23(2)7-8-24(11-17(25)22-26)29(27)14-9-15(20)18(16(21)10-14)28-13-5-3-12(19)4-6-13/h3-6,9-10,26H,7-8,11H2,1-2H3,(H,22,25). The second-order valence-electron chi connectivity index (χ2n) is 6.22. The molecule has 0 spiro atoms. The summed E-state index contributed by atoms with van der Waals surface area (Å²) in [5.41, 5.74) is 1.45. The number of benzene rings is 2. The predicted molar refractivity (Wildman–Crippen MR) is 104 cm³/mol. The number of carbonyl (C=O) groups excluding carboxylic acids is 1. The van der Waals surface area contributed by atoms with Crippen molar-refractivity contribution in [2.45, 2.75) is 4.90 Å². The number of amides is 1. The van der Waals surface area contributed by atoms with E-state index in [0.29, 0.717) is 11.6 Å². The summed E-state index contributed by atoms with van der Waals surface area (Å²) in [6.07, 6.45) is 0. The van der Waals surface area contributed by atoms with Gasteiger partial charge in [0, 0.05) is 18.1 Å². The maximum Gasteiger partial charge on any atom is 0.258 e. The van der Waals surface area contributed by atoms with Crippen LogP contribution in [0.25, 0.3) is 0 Å². The Hall–Kier alpha value is -2.11. The van der Waals surface area contributed by atoms with Gasteiger partial charge in [0.2, 0.25) is 0 Å². The quantitative estimate of drug-likeness (QED) is 0.456. The van der Waals surface area contributed by atoms with Gasteiger partial charge in [0.05, 0.1) is 11.4 Å². The van der Waals surface area contributed by atoms with Crippen molar-refractivity contribution >= 4 is 28.5 Å². The molecule has 0 aliphatic carbocycles. The number of likely N-dealkylation sites (N-methyl/N-ethyl adjacent to an activating group) is 1. The zero-order chi connectivity index (χ0) is 21.6. The Balaban J connectivity index is 2.26. The summed E-state index contributed by atoms with van der Waals surface area (Å²) in [6, 6.07) is 7.66.